The zero-order chi connectivity index (χ0) is 14.0. The number of carboxylic acid groups (broad SMARTS) is 1. The van der Waals surface area contributed by atoms with Gasteiger partial charge in [-0.15, -0.1) is 0 Å². The third-order valence-corrected chi connectivity index (χ3v) is 4.71. The average molecular weight is 347 g/mol. The van der Waals surface area contributed by atoms with E-state index in [-0.39, 0.29) is 5.56 Å². The van der Waals surface area contributed by atoms with Gasteiger partial charge < -0.3 is 10.4 Å². The summed E-state index contributed by atoms with van der Waals surface area (Å²) in [5, 5.41) is 12.2. The number of nitrogens with one attached hydrogen (secondary N) is 1. The molecule has 0 aromatic heterocycles. The zero-order valence-corrected chi connectivity index (χ0v) is 12.4. The maximum atomic E-state index is 12.2. The predicted molar refractivity (Wildman–Crippen MR) is 75.5 cm³/mol. The molecule has 0 saturated heterocycles. The summed E-state index contributed by atoms with van der Waals surface area (Å²) in [5.74, 6) is -1.43. The van der Waals surface area contributed by atoms with Crippen molar-refractivity contribution in [3.8, 4) is 0 Å². The topological polar surface area (TPSA) is 66.4 Å². The molecule has 102 valence electrons. The molecule has 0 spiro atoms. The van der Waals surface area contributed by atoms with Crippen LogP contribution in [0.2, 0.25) is 5.02 Å². The molecule has 1 aromatic rings. The number of benzene rings is 1. The maximum Gasteiger partial charge on any atom is 0.329 e. The van der Waals surface area contributed by atoms with Crippen LogP contribution in [0.15, 0.2) is 22.7 Å². The Labute approximate surface area is 124 Å². The monoisotopic (exact) mass is 345 g/mol. The summed E-state index contributed by atoms with van der Waals surface area (Å²) in [4.78, 5) is 23.6. The van der Waals surface area contributed by atoms with Gasteiger partial charge in [0.15, 0.2) is 0 Å². The molecule has 6 heteroatoms. The number of amides is 1. The summed E-state index contributed by atoms with van der Waals surface area (Å²) < 4.78 is 0.609. The largest absolute Gasteiger partial charge is 0.480 e. The fourth-order valence-electron chi connectivity index (χ4n) is 2.33. The maximum absolute atomic E-state index is 12.2. The van der Waals surface area contributed by atoms with Crippen molar-refractivity contribution in [2.45, 2.75) is 31.2 Å². The molecule has 2 N–H and O–H groups in total. The van der Waals surface area contributed by atoms with Crippen LogP contribution in [-0.4, -0.2) is 22.5 Å². The van der Waals surface area contributed by atoms with E-state index in [0.717, 1.165) is 12.8 Å². The van der Waals surface area contributed by atoms with Crippen molar-refractivity contribution >= 4 is 39.4 Å². The van der Waals surface area contributed by atoms with Gasteiger partial charge in [-0.05, 0) is 40.9 Å². The molecule has 0 aliphatic heterocycles. The number of aliphatic carboxylic acids is 1. The van der Waals surface area contributed by atoms with E-state index in [1.807, 2.05) is 0 Å². The van der Waals surface area contributed by atoms with Crippen molar-refractivity contribution in [2.75, 3.05) is 0 Å². The number of carboxylic acids is 1. The van der Waals surface area contributed by atoms with E-state index >= 15 is 0 Å². The summed E-state index contributed by atoms with van der Waals surface area (Å²) in [7, 11) is 0. The van der Waals surface area contributed by atoms with Crippen LogP contribution in [-0.2, 0) is 4.79 Å². The normalized spacial score (nSPS) is 17.2. The van der Waals surface area contributed by atoms with Crippen LogP contribution in [0.3, 0.4) is 0 Å². The Kier molecular flexibility index (Phi) is 4.16. The molecule has 1 saturated carbocycles. The van der Waals surface area contributed by atoms with Crippen LogP contribution in [0.25, 0.3) is 0 Å². The number of carbonyl (C=O) groups is 2. The first-order valence-corrected chi connectivity index (χ1v) is 7.13. The van der Waals surface area contributed by atoms with Crippen LogP contribution in [0.4, 0.5) is 0 Å². The highest BCUT2D eigenvalue weighted by Gasteiger charge is 2.42. The fraction of sp³-hybridized carbons (Fsp3) is 0.385. The third kappa shape index (κ3) is 2.77. The Morgan fingerprint density at radius 2 is 1.95 bits per heavy atom. The quantitative estimate of drug-likeness (QED) is 0.883. The van der Waals surface area contributed by atoms with Crippen molar-refractivity contribution < 1.29 is 14.7 Å². The van der Waals surface area contributed by atoms with Crippen LogP contribution in [0, 0.1) is 0 Å². The Balaban J connectivity index is 2.25. The predicted octanol–water partition coefficient (Wildman–Crippen LogP) is 3.23. The lowest BCUT2D eigenvalue weighted by Gasteiger charge is -2.25. The summed E-state index contributed by atoms with van der Waals surface area (Å²) in [5.41, 5.74) is -0.869. The summed E-state index contributed by atoms with van der Waals surface area (Å²) in [6.07, 6.45) is 2.52. The molecule has 0 radical (unpaired) electrons. The molecule has 2 rings (SSSR count). The molecule has 1 amide bonds. The fourth-order valence-corrected chi connectivity index (χ4v) is 2.91. The summed E-state index contributed by atoms with van der Waals surface area (Å²) in [6.45, 7) is 0. The molecule has 4 nitrogen and oxygen atoms in total. The van der Waals surface area contributed by atoms with E-state index in [1.165, 1.54) is 0 Å². The second-order valence-electron chi connectivity index (χ2n) is 4.65. The number of rotatable bonds is 3. The van der Waals surface area contributed by atoms with E-state index in [2.05, 4.69) is 21.2 Å². The molecular formula is C13H13BrClNO3. The Morgan fingerprint density at radius 1 is 1.32 bits per heavy atom. The van der Waals surface area contributed by atoms with Gasteiger partial charge in [0, 0.05) is 4.47 Å². The van der Waals surface area contributed by atoms with E-state index in [1.54, 1.807) is 18.2 Å². The Hall–Kier alpha value is -1.07. The SMILES string of the molecule is O=C(NC1(C(=O)O)CCCC1)c1cccc(Br)c1Cl. The second-order valence-corrected chi connectivity index (χ2v) is 5.88. The number of carbonyl (C=O) groups excluding carboxylic acids is 1. The standard InChI is InChI=1S/C13H13BrClNO3/c14-9-5-3-4-8(10(9)15)11(17)16-13(12(18)19)6-1-2-7-13/h3-5H,1-2,6-7H2,(H,16,17)(H,18,19). The summed E-state index contributed by atoms with van der Waals surface area (Å²) >= 11 is 9.28. The molecule has 1 aromatic carbocycles. The first-order chi connectivity index (χ1) is 8.96. The molecular weight excluding hydrogens is 334 g/mol. The van der Waals surface area contributed by atoms with Crippen molar-refractivity contribution in [3.63, 3.8) is 0 Å². The Bertz CT molecular complexity index is 527. The number of hydrogen-bond acceptors (Lipinski definition) is 2. The minimum Gasteiger partial charge on any atom is -0.480 e. The highest BCUT2D eigenvalue weighted by Crippen LogP contribution is 2.31. The minimum absolute atomic E-state index is 0.281. The van der Waals surface area contributed by atoms with Crippen LogP contribution in [0.1, 0.15) is 36.0 Å². The number of halogens is 2. The van der Waals surface area contributed by atoms with Gasteiger partial charge in [-0.25, -0.2) is 4.79 Å². The van der Waals surface area contributed by atoms with Crippen molar-refractivity contribution in [1.82, 2.24) is 5.32 Å². The lowest BCUT2D eigenvalue weighted by Crippen LogP contribution is -2.52. The summed E-state index contributed by atoms with van der Waals surface area (Å²) in [6, 6.07) is 4.99. The van der Waals surface area contributed by atoms with Crippen molar-refractivity contribution in [3.05, 3.63) is 33.3 Å². The van der Waals surface area contributed by atoms with Crippen LogP contribution >= 0.6 is 27.5 Å². The van der Waals surface area contributed by atoms with Crippen molar-refractivity contribution in [2.24, 2.45) is 0 Å². The number of hydrogen-bond donors (Lipinski definition) is 2. The zero-order valence-electron chi connectivity index (χ0n) is 10.1. The molecule has 1 fully saturated rings. The van der Waals surface area contributed by atoms with Gasteiger partial charge in [-0.3, -0.25) is 4.79 Å². The molecule has 0 atom stereocenters. The van der Waals surface area contributed by atoms with Gasteiger partial charge in [0.2, 0.25) is 0 Å². The van der Waals surface area contributed by atoms with Gasteiger partial charge in [-0.1, -0.05) is 30.5 Å². The highest BCUT2D eigenvalue weighted by molar-refractivity contribution is 9.10. The average Bonchev–Trinajstić information content (AvgIpc) is 2.82. The molecule has 1 aliphatic rings. The lowest BCUT2D eigenvalue weighted by atomic mass is 9.97. The van der Waals surface area contributed by atoms with Gasteiger partial charge in [0.25, 0.3) is 5.91 Å². The van der Waals surface area contributed by atoms with E-state index in [9.17, 15) is 14.7 Å². The van der Waals surface area contributed by atoms with Gasteiger partial charge >= 0.3 is 5.97 Å². The van der Waals surface area contributed by atoms with Gasteiger partial charge in [0.1, 0.15) is 5.54 Å². The van der Waals surface area contributed by atoms with Crippen LogP contribution in [0.5, 0.6) is 0 Å². The molecule has 19 heavy (non-hydrogen) atoms. The molecule has 0 heterocycles. The minimum atomic E-state index is -1.15. The lowest BCUT2D eigenvalue weighted by molar-refractivity contribution is -0.144. The smallest absolute Gasteiger partial charge is 0.329 e. The van der Waals surface area contributed by atoms with E-state index in [0.29, 0.717) is 22.3 Å². The first kappa shape index (κ1) is 14.3. The third-order valence-electron chi connectivity index (χ3n) is 3.42. The Morgan fingerprint density at radius 3 is 2.53 bits per heavy atom. The molecule has 0 bridgehead atoms. The highest BCUT2D eigenvalue weighted by atomic mass is 79.9. The first-order valence-electron chi connectivity index (χ1n) is 5.96. The van der Waals surface area contributed by atoms with Crippen LogP contribution < -0.4 is 5.32 Å². The molecule has 0 unspecified atom stereocenters. The van der Waals surface area contributed by atoms with Gasteiger partial charge in [0.05, 0.1) is 10.6 Å². The van der Waals surface area contributed by atoms with Crippen molar-refractivity contribution in [1.29, 1.82) is 0 Å². The molecule has 1 aliphatic carbocycles. The van der Waals surface area contributed by atoms with E-state index < -0.39 is 17.4 Å². The second kappa shape index (κ2) is 5.51. The van der Waals surface area contributed by atoms with Gasteiger partial charge in [-0.2, -0.15) is 0 Å². The van der Waals surface area contributed by atoms with E-state index in [4.69, 9.17) is 11.6 Å².